The van der Waals surface area contributed by atoms with Gasteiger partial charge in [0.25, 0.3) is 0 Å². The Kier molecular flexibility index (Phi) is 3.12. The van der Waals surface area contributed by atoms with Crippen molar-refractivity contribution in [1.29, 1.82) is 0 Å². The Morgan fingerprint density at radius 2 is 1.61 bits per heavy atom. The van der Waals surface area contributed by atoms with Crippen molar-refractivity contribution < 1.29 is 4.74 Å². The molecular formula is C16H27NO. The normalized spacial score (nSPS) is 50.0. The van der Waals surface area contributed by atoms with Crippen molar-refractivity contribution in [2.24, 2.45) is 29.6 Å². The van der Waals surface area contributed by atoms with Gasteiger partial charge in [0.1, 0.15) is 0 Å². The van der Waals surface area contributed by atoms with Crippen molar-refractivity contribution in [3.8, 4) is 0 Å². The van der Waals surface area contributed by atoms with Crippen molar-refractivity contribution >= 4 is 0 Å². The molecule has 4 saturated carbocycles. The Balaban J connectivity index is 1.29. The summed E-state index contributed by atoms with van der Waals surface area (Å²) < 4.78 is 6.08. The van der Waals surface area contributed by atoms with Crippen molar-refractivity contribution in [3.63, 3.8) is 0 Å². The summed E-state index contributed by atoms with van der Waals surface area (Å²) in [6, 6.07) is 0.654. The highest BCUT2D eigenvalue weighted by Crippen LogP contribution is 2.56. The number of hydrogen-bond donors (Lipinski definition) is 1. The maximum Gasteiger partial charge on any atom is 0.0619 e. The van der Waals surface area contributed by atoms with Crippen LogP contribution in [-0.4, -0.2) is 25.8 Å². The van der Waals surface area contributed by atoms with E-state index in [-0.39, 0.29) is 0 Å². The standard InChI is InChI=1S/C16H27NO/c1-2-15(17-3-1)9-18-10-16-13-5-11-4-12(7-13)8-14(16)6-11/h11-17H,1-10H2. The Morgan fingerprint density at radius 1 is 0.889 bits per heavy atom. The molecule has 0 spiro atoms. The van der Waals surface area contributed by atoms with Crippen LogP contribution in [0.25, 0.3) is 0 Å². The third-order valence-corrected chi connectivity index (χ3v) is 6.21. The molecular weight excluding hydrogens is 222 g/mol. The molecule has 102 valence electrons. The molecule has 1 N–H and O–H groups in total. The number of rotatable bonds is 4. The fourth-order valence-electron chi connectivity index (χ4n) is 5.56. The van der Waals surface area contributed by atoms with E-state index in [1.165, 1.54) is 45.1 Å². The van der Waals surface area contributed by atoms with Gasteiger partial charge in [-0.2, -0.15) is 0 Å². The highest BCUT2D eigenvalue weighted by Gasteiger charge is 2.47. The molecule has 0 amide bonds. The van der Waals surface area contributed by atoms with Crippen LogP contribution in [0.5, 0.6) is 0 Å². The number of nitrogens with one attached hydrogen (secondary N) is 1. The SMILES string of the molecule is C1CNC(COCC2C3CC4CC(C3)CC2C4)C1. The zero-order valence-electron chi connectivity index (χ0n) is 11.4. The second kappa shape index (κ2) is 4.79. The fraction of sp³-hybridized carbons (Fsp3) is 1.00. The summed E-state index contributed by atoms with van der Waals surface area (Å²) in [5.74, 6) is 5.16. The van der Waals surface area contributed by atoms with Crippen LogP contribution < -0.4 is 5.32 Å². The first-order valence-electron chi connectivity index (χ1n) is 8.19. The smallest absolute Gasteiger partial charge is 0.0619 e. The van der Waals surface area contributed by atoms with Crippen LogP contribution >= 0.6 is 0 Å². The summed E-state index contributed by atoms with van der Waals surface area (Å²) in [5, 5.41) is 3.53. The molecule has 2 heteroatoms. The molecule has 4 aliphatic carbocycles. The Hall–Kier alpha value is -0.0800. The van der Waals surface area contributed by atoms with E-state index in [2.05, 4.69) is 5.32 Å². The fourth-order valence-corrected chi connectivity index (χ4v) is 5.56. The van der Waals surface area contributed by atoms with E-state index in [1.54, 1.807) is 6.42 Å². The minimum absolute atomic E-state index is 0.654. The summed E-state index contributed by atoms with van der Waals surface area (Å²) in [6.07, 6.45) is 10.3. The lowest BCUT2D eigenvalue weighted by molar-refractivity contribution is -0.0731. The molecule has 18 heavy (non-hydrogen) atoms. The van der Waals surface area contributed by atoms with Gasteiger partial charge in [-0.1, -0.05) is 0 Å². The first-order chi connectivity index (χ1) is 8.88. The van der Waals surface area contributed by atoms with Crippen LogP contribution in [0.15, 0.2) is 0 Å². The van der Waals surface area contributed by atoms with Crippen LogP contribution in [0.3, 0.4) is 0 Å². The van der Waals surface area contributed by atoms with Crippen molar-refractivity contribution in [2.45, 2.75) is 51.0 Å². The van der Waals surface area contributed by atoms with Gasteiger partial charge in [-0.25, -0.2) is 0 Å². The maximum atomic E-state index is 6.08. The second-order valence-corrected chi connectivity index (χ2v) is 7.43. The van der Waals surface area contributed by atoms with Gasteiger partial charge >= 0.3 is 0 Å². The third kappa shape index (κ3) is 2.12. The minimum Gasteiger partial charge on any atom is -0.380 e. The molecule has 1 saturated heterocycles. The first-order valence-corrected chi connectivity index (χ1v) is 8.19. The molecule has 4 bridgehead atoms. The molecule has 0 aromatic carbocycles. The van der Waals surface area contributed by atoms with Crippen LogP contribution in [0, 0.1) is 29.6 Å². The third-order valence-electron chi connectivity index (χ3n) is 6.21. The van der Waals surface area contributed by atoms with Crippen LogP contribution in [0.2, 0.25) is 0 Å². The summed E-state index contributed by atoms with van der Waals surface area (Å²) in [7, 11) is 0. The summed E-state index contributed by atoms with van der Waals surface area (Å²) >= 11 is 0. The topological polar surface area (TPSA) is 21.3 Å². The average molecular weight is 249 g/mol. The molecule has 5 aliphatic rings. The van der Waals surface area contributed by atoms with Gasteiger partial charge in [0.2, 0.25) is 0 Å². The highest BCUT2D eigenvalue weighted by atomic mass is 16.5. The lowest BCUT2D eigenvalue weighted by Crippen LogP contribution is -2.47. The minimum atomic E-state index is 0.654. The van der Waals surface area contributed by atoms with Crippen LogP contribution in [0.4, 0.5) is 0 Å². The zero-order valence-corrected chi connectivity index (χ0v) is 11.4. The van der Waals surface area contributed by atoms with Gasteiger partial charge in [-0.3, -0.25) is 0 Å². The van der Waals surface area contributed by atoms with Crippen LogP contribution in [0.1, 0.15) is 44.9 Å². The average Bonchev–Trinajstić information content (AvgIpc) is 2.85. The van der Waals surface area contributed by atoms with Gasteiger partial charge < -0.3 is 10.1 Å². The van der Waals surface area contributed by atoms with Crippen molar-refractivity contribution in [1.82, 2.24) is 5.32 Å². The molecule has 1 unspecified atom stereocenters. The zero-order chi connectivity index (χ0) is 11.9. The summed E-state index contributed by atoms with van der Waals surface area (Å²) in [4.78, 5) is 0. The van der Waals surface area contributed by atoms with E-state index in [0.29, 0.717) is 6.04 Å². The Morgan fingerprint density at radius 3 is 2.22 bits per heavy atom. The molecule has 1 atom stereocenters. The van der Waals surface area contributed by atoms with Gasteiger partial charge in [0.15, 0.2) is 0 Å². The molecule has 0 aromatic heterocycles. The number of ether oxygens (including phenoxy) is 1. The molecule has 1 aliphatic heterocycles. The molecule has 0 radical (unpaired) electrons. The molecule has 2 nitrogen and oxygen atoms in total. The molecule has 0 aromatic rings. The van der Waals surface area contributed by atoms with Crippen molar-refractivity contribution in [2.75, 3.05) is 19.8 Å². The van der Waals surface area contributed by atoms with Crippen LogP contribution in [-0.2, 0) is 4.74 Å². The van der Waals surface area contributed by atoms with E-state index >= 15 is 0 Å². The Bertz CT molecular complexity index is 269. The summed E-state index contributed by atoms with van der Waals surface area (Å²) in [5.41, 5.74) is 0. The molecule has 5 fully saturated rings. The second-order valence-electron chi connectivity index (χ2n) is 7.43. The lowest BCUT2D eigenvalue weighted by atomic mass is 9.52. The monoisotopic (exact) mass is 249 g/mol. The number of hydrogen-bond acceptors (Lipinski definition) is 2. The van der Waals surface area contributed by atoms with E-state index in [9.17, 15) is 0 Å². The highest BCUT2D eigenvalue weighted by molar-refractivity contribution is 4.98. The van der Waals surface area contributed by atoms with E-state index < -0.39 is 0 Å². The predicted octanol–water partition coefficient (Wildman–Crippen LogP) is 2.83. The van der Waals surface area contributed by atoms with Gasteiger partial charge in [0.05, 0.1) is 6.61 Å². The van der Waals surface area contributed by atoms with Crippen molar-refractivity contribution in [3.05, 3.63) is 0 Å². The van der Waals surface area contributed by atoms with E-state index in [0.717, 1.165) is 42.8 Å². The van der Waals surface area contributed by atoms with Gasteiger partial charge in [-0.15, -0.1) is 0 Å². The Labute approximate surface area is 111 Å². The van der Waals surface area contributed by atoms with Gasteiger partial charge in [0, 0.05) is 12.6 Å². The largest absolute Gasteiger partial charge is 0.380 e. The van der Waals surface area contributed by atoms with E-state index in [4.69, 9.17) is 4.74 Å². The first kappa shape index (κ1) is 11.7. The van der Waals surface area contributed by atoms with Gasteiger partial charge in [-0.05, 0) is 81.1 Å². The van der Waals surface area contributed by atoms with E-state index in [1.807, 2.05) is 0 Å². The molecule has 1 heterocycles. The maximum absolute atomic E-state index is 6.08. The predicted molar refractivity (Wildman–Crippen MR) is 72.4 cm³/mol. The quantitative estimate of drug-likeness (QED) is 0.827. The summed E-state index contributed by atoms with van der Waals surface area (Å²) in [6.45, 7) is 3.22. The lowest BCUT2D eigenvalue weighted by Gasteiger charge is -2.54. The molecule has 5 rings (SSSR count).